The van der Waals surface area contributed by atoms with E-state index in [2.05, 4.69) is 10.6 Å². The lowest BCUT2D eigenvalue weighted by molar-refractivity contribution is -0.384. The maximum atomic E-state index is 12.1. The highest BCUT2D eigenvalue weighted by Gasteiger charge is 2.12. The van der Waals surface area contributed by atoms with Crippen LogP contribution in [0.15, 0.2) is 54.6 Å². The third-order valence-corrected chi connectivity index (χ3v) is 4.64. The number of nitrogens with zero attached hydrogens (tertiary/aromatic N) is 1. The van der Waals surface area contributed by atoms with Crippen molar-refractivity contribution in [1.29, 1.82) is 0 Å². The molecule has 1 aliphatic carbocycles. The van der Waals surface area contributed by atoms with Crippen molar-refractivity contribution >= 4 is 29.0 Å². The van der Waals surface area contributed by atoms with E-state index in [1.54, 1.807) is 18.2 Å². The summed E-state index contributed by atoms with van der Waals surface area (Å²) in [7, 11) is 0. The number of carbonyl (C=O) groups excluding carboxylic acids is 1. The zero-order chi connectivity index (χ0) is 19.1. The second-order valence-corrected chi connectivity index (χ2v) is 6.73. The van der Waals surface area contributed by atoms with Gasteiger partial charge in [-0.1, -0.05) is 31.4 Å². The molecule has 6 nitrogen and oxygen atoms in total. The second-order valence-electron chi connectivity index (χ2n) is 6.73. The first-order valence-corrected chi connectivity index (χ1v) is 9.20. The molecule has 1 aliphatic rings. The van der Waals surface area contributed by atoms with E-state index in [4.69, 9.17) is 0 Å². The molecule has 0 radical (unpaired) electrons. The molecule has 0 aliphatic heterocycles. The van der Waals surface area contributed by atoms with Crippen molar-refractivity contribution in [3.05, 3.63) is 70.3 Å². The van der Waals surface area contributed by atoms with Crippen molar-refractivity contribution in [1.82, 2.24) is 0 Å². The molecular weight excluding hydrogens is 342 g/mol. The summed E-state index contributed by atoms with van der Waals surface area (Å²) in [5.74, 6) is -0.283. The zero-order valence-electron chi connectivity index (χ0n) is 15.1. The Kier molecular flexibility index (Phi) is 6.20. The van der Waals surface area contributed by atoms with E-state index in [0.29, 0.717) is 17.3 Å². The Morgan fingerprint density at radius 2 is 1.74 bits per heavy atom. The van der Waals surface area contributed by atoms with Crippen LogP contribution in [0.5, 0.6) is 0 Å². The fourth-order valence-corrected chi connectivity index (χ4v) is 3.23. The fourth-order valence-electron chi connectivity index (χ4n) is 3.23. The van der Waals surface area contributed by atoms with Crippen LogP contribution in [0.4, 0.5) is 17.1 Å². The Morgan fingerprint density at radius 1 is 1.04 bits per heavy atom. The number of nitro benzene ring substituents is 1. The standard InChI is InChI=1S/C21H23N3O3/c25-21(14-9-16-5-4-8-20(15-16)24(26)27)23-19-12-10-18(11-13-19)22-17-6-2-1-3-7-17/h4-5,8-15,17,22H,1-3,6-7H2,(H,23,25)/b14-9+. The normalized spacial score (nSPS) is 14.8. The summed E-state index contributed by atoms with van der Waals surface area (Å²) >= 11 is 0. The van der Waals surface area contributed by atoms with E-state index >= 15 is 0 Å². The third-order valence-electron chi connectivity index (χ3n) is 4.64. The number of rotatable bonds is 6. The number of non-ortho nitro benzene ring substituents is 1. The smallest absolute Gasteiger partial charge is 0.270 e. The Morgan fingerprint density at radius 3 is 2.44 bits per heavy atom. The number of hydrogen-bond donors (Lipinski definition) is 2. The minimum absolute atomic E-state index is 0.00128. The molecule has 1 amide bonds. The summed E-state index contributed by atoms with van der Waals surface area (Å²) in [5.41, 5.74) is 2.37. The van der Waals surface area contributed by atoms with E-state index in [9.17, 15) is 14.9 Å². The summed E-state index contributed by atoms with van der Waals surface area (Å²) in [6.45, 7) is 0. The van der Waals surface area contributed by atoms with Gasteiger partial charge in [-0.15, -0.1) is 0 Å². The van der Waals surface area contributed by atoms with E-state index in [0.717, 1.165) is 5.69 Å². The van der Waals surface area contributed by atoms with Gasteiger partial charge < -0.3 is 10.6 Å². The first-order chi connectivity index (χ1) is 13.1. The summed E-state index contributed by atoms with van der Waals surface area (Å²) in [5, 5.41) is 17.1. The highest BCUT2D eigenvalue weighted by molar-refractivity contribution is 6.02. The maximum Gasteiger partial charge on any atom is 0.270 e. The monoisotopic (exact) mass is 365 g/mol. The van der Waals surface area contributed by atoms with Crippen LogP contribution >= 0.6 is 0 Å². The maximum absolute atomic E-state index is 12.1. The number of nitrogens with one attached hydrogen (secondary N) is 2. The summed E-state index contributed by atoms with van der Waals surface area (Å²) in [6.07, 6.45) is 9.23. The van der Waals surface area contributed by atoms with Gasteiger partial charge >= 0.3 is 0 Å². The van der Waals surface area contributed by atoms with Crippen LogP contribution in [-0.2, 0) is 4.79 Å². The highest BCUT2D eigenvalue weighted by Crippen LogP contribution is 2.22. The highest BCUT2D eigenvalue weighted by atomic mass is 16.6. The molecule has 0 heterocycles. The SMILES string of the molecule is O=C(/C=C/c1cccc([N+](=O)[O-])c1)Nc1ccc(NC2CCCCC2)cc1. The molecule has 2 aromatic rings. The molecule has 27 heavy (non-hydrogen) atoms. The van der Waals surface area contributed by atoms with Crippen molar-refractivity contribution in [3.63, 3.8) is 0 Å². The Balaban J connectivity index is 1.54. The topological polar surface area (TPSA) is 84.3 Å². The van der Waals surface area contributed by atoms with Gasteiger partial charge in [-0.3, -0.25) is 14.9 Å². The average Bonchev–Trinajstić information content (AvgIpc) is 2.69. The van der Waals surface area contributed by atoms with Gasteiger partial charge in [0.15, 0.2) is 0 Å². The number of nitro groups is 1. The Hall–Kier alpha value is -3.15. The van der Waals surface area contributed by atoms with Crippen LogP contribution < -0.4 is 10.6 Å². The lowest BCUT2D eigenvalue weighted by Gasteiger charge is -2.23. The van der Waals surface area contributed by atoms with Crippen LogP contribution in [0, 0.1) is 10.1 Å². The molecule has 3 rings (SSSR count). The average molecular weight is 365 g/mol. The fraction of sp³-hybridized carbons (Fsp3) is 0.286. The van der Waals surface area contributed by atoms with Gasteiger partial charge in [0.1, 0.15) is 0 Å². The van der Waals surface area contributed by atoms with Crippen LogP contribution in [0.2, 0.25) is 0 Å². The van der Waals surface area contributed by atoms with Gasteiger partial charge in [0.05, 0.1) is 4.92 Å². The zero-order valence-corrected chi connectivity index (χ0v) is 15.1. The molecule has 6 heteroatoms. The predicted molar refractivity (Wildman–Crippen MR) is 108 cm³/mol. The van der Waals surface area contributed by atoms with Crippen LogP contribution in [0.25, 0.3) is 6.08 Å². The molecule has 0 atom stereocenters. The minimum atomic E-state index is -0.458. The van der Waals surface area contributed by atoms with Gasteiger partial charge in [-0.2, -0.15) is 0 Å². The second kappa shape index (κ2) is 8.98. The lowest BCUT2D eigenvalue weighted by Crippen LogP contribution is -2.22. The first-order valence-electron chi connectivity index (χ1n) is 9.20. The first kappa shape index (κ1) is 18.6. The summed E-state index contributed by atoms with van der Waals surface area (Å²) < 4.78 is 0. The van der Waals surface area contributed by atoms with Crippen molar-refractivity contribution < 1.29 is 9.72 Å². The molecule has 1 fully saturated rings. The summed E-state index contributed by atoms with van der Waals surface area (Å²) in [4.78, 5) is 22.4. The molecular formula is C21H23N3O3. The molecule has 0 unspecified atom stereocenters. The molecule has 2 N–H and O–H groups in total. The van der Waals surface area contributed by atoms with Crippen molar-refractivity contribution in [2.75, 3.05) is 10.6 Å². The van der Waals surface area contributed by atoms with Gasteiger partial charge in [-0.05, 0) is 48.7 Å². The van der Waals surface area contributed by atoms with Gasteiger partial charge in [0.2, 0.25) is 5.91 Å². The quantitative estimate of drug-likeness (QED) is 0.429. The van der Waals surface area contributed by atoms with Crippen LogP contribution in [-0.4, -0.2) is 16.9 Å². The Labute approximate surface area is 158 Å². The molecule has 1 saturated carbocycles. The van der Waals surface area contributed by atoms with Gasteiger partial charge in [0, 0.05) is 35.6 Å². The van der Waals surface area contributed by atoms with Crippen LogP contribution in [0.3, 0.4) is 0 Å². The van der Waals surface area contributed by atoms with Crippen molar-refractivity contribution in [2.24, 2.45) is 0 Å². The molecule has 0 spiro atoms. The van der Waals surface area contributed by atoms with Gasteiger partial charge in [-0.25, -0.2) is 0 Å². The molecule has 2 aromatic carbocycles. The van der Waals surface area contributed by atoms with Crippen molar-refractivity contribution in [2.45, 2.75) is 38.1 Å². The molecule has 0 bridgehead atoms. The Bertz CT molecular complexity index is 825. The molecule has 0 aromatic heterocycles. The summed E-state index contributed by atoms with van der Waals surface area (Å²) in [6, 6.07) is 14.3. The number of benzene rings is 2. The van der Waals surface area contributed by atoms with Crippen molar-refractivity contribution in [3.8, 4) is 0 Å². The van der Waals surface area contributed by atoms with Crippen LogP contribution in [0.1, 0.15) is 37.7 Å². The largest absolute Gasteiger partial charge is 0.382 e. The minimum Gasteiger partial charge on any atom is -0.382 e. The van der Waals surface area contributed by atoms with E-state index in [1.807, 2.05) is 24.3 Å². The predicted octanol–water partition coefficient (Wildman–Crippen LogP) is 4.99. The molecule has 140 valence electrons. The van der Waals surface area contributed by atoms with E-state index in [-0.39, 0.29) is 11.6 Å². The lowest BCUT2D eigenvalue weighted by atomic mass is 9.95. The molecule has 0 saturated heterocycles. The number of anilines is 2. The van der Waals surface area contributed by atoms with E-state index < -0.39 is 4.92 Å². The number of hydrogen-bond acceptors (Lipinski definition) is 4. The van der Waals surface area contributed by atoms with E-state index in [1.165, 1.54) is 50.3 Å². The number of amides is 1. The third kappa shape index (κ3) is 5.67. The van der Waals surface area contributed by atoms with Gasteiger partial charge in [0.25, 0.3) is 5.69 Å². The number of carbonyl (C=O) groups is 1.